The van der Waals surface area contributed by atoms with Crippen LogP contribution in [0, 0.1) is 11.3 Å². The molecule has 5 heteroatoms. The molecular formula is C15H20N2O3. The molecule has 0 unspecified atom stereocenters. The summed E-state index contributed by atoms with van der Waals surface area (Å²) in [6, 6.07) is 8.65. The van der Waals surface area contributed by atoms with E-state index in [1.807, 2.05) is 6.07 Å². The van der Waals surface area contributed by atoms with Crippen molar-refractivity contribution in [3.8, 4) is 11.8 Å². The van der Waals surface area contributed by atoms with Crippen molar-refractivity contribution in [1.82, 2.24) is 5.32 Å². The van der Waals surface area contributed by atoms with Gasteiger partial charge in [-0.3, -0.25) is 4.79 Å². The lowest BCUT2D eigenvalue weighted by Crippen LogP contribution is -2.29. The number of hydrogen-bond acceptors (Lipinski definition) is 4. The van der Waals surface area contributed by atoms with Crippen molar-refractivity contribution < 1.29 is 14.6 Å². The fourth-order valence-electron chi connectivity index (χ4n) is 1.64. The number of ether oxygens (including phenoxy) is 1. The zero-order valence-electron chi connectivity index (χ0n) is 11.5. The van der Waals surface area contributed by atoms with E-state index in [1.165, 1.54) is 0 Å². The first kappa shape index (κ1) is 16.0. The van der Waals surface area contributed by atoms with E-state index >= 15 is 0 Å². The summed E-state index contributed by atoms with van der Waals surface area (Å²) in [6.45, 7) is 0.828. The molecule has 1 aromatic carbocycles. The van der Waals surface area contributed by atoms with Gasteiger partial charge in [0.2, 0.25) is 0 Å². The first-order valence-corrected chi connectivity index (χ1v) is 6.77. The minimum atomic E-state index is -0.156. The molecule has 0 saturated heterocycles. The molecule has 0 saturated carbocycles. The van der Waals surface area contributed by atoms with Crippen LogP contribution in [0.2, 0.25) is 0 Å². The van der Waals surface area contributed by atoms with Gasteiger partial charge in [0.25, 0.3) is 5.91 Å². The van der Waals surface area contributed by atoms with E-state index in [-0.39, 0.29) is 19.1 Å². The Bertz CT molecular complexity index is 437. The summed E-state index contributed by atoms with van der Waals surface area (Å²) in [5, 5.41) is 20.0. The third kappa shape index (κ3) is 6.76. The van der Waals surface area contributed by atoms with Gasteiger partial charge < -0.3 is 15.2 Å². The highest BCUT2D eigenvalue weighted by atomic mass is 16.5. The average Bonchev–Trinajstić information content (AvgIpc) is 2.49. The number of amides is 1. The average molecular weight is 276 g/mol. The normalized spacial score (nSPS) is 9.80. The number of nitriles is 1. The topological polar surface area (TPSA) is 82.3 Å². The Morgan fingerprint density at radius 3 is 2.55 bits per heavy atom. The molecule has 1 rings (SSSR count). The van der Waals surface area contributed by atoms with Crippen LogP contribution in [-0.2, 0) is 4.79 Å². The summed E-state index contributed by atoms with van der Waals surface area (Å²) < 4.78 is 5.31. The van der Waals surface area contributed by atoms with Gasteiger partial charge in [-0.1, -0.05) is 12.8 Å². The van der Waals surface area contributed by atoms with Crippen LogP contribution < -0.4 is 10.1 Å². The second-order valence-electron chi connectivity index (χ2n) is 4.41. The molecule has 0 radical (unpaired) electrons. The van der Waals surface area contributed by atoms with Crippen molar-refractivity contribution in [3.05, 3.63) is 29.8 Å². The van der Waals surface area contributed by atoms with Crippen molar-refractivity contribution in [2.75, 3.05) is 19.8 Å². The number of aliphatic hydroxyl groups is 1. The fraction of sp³-hybridized carbons (Fsp3) is 0.467. The Balaban J connectivity index is 2.11. The van der Waals surface area contributed by atoms with Crippen LogP contribution in [0.1, 0.15) is 31.2 Å². The number of carbonyl (C=O) groups excluding carboxylic acids is 1. The van der Waals surface area contributed by atoms with E-state index in [0.29, 0.717) is 17.9 Å². The van der Waals surface area contributed by atoms with Crippen LogP contribution in [-0.4, -0.2) is 30.8 Å². The third-order valence-electron chi connectivity index (χ3n) is 2.76. The number of rotatable bonds is 9. The van der Waals surface area contributed by atoms with Crippen LogP contribution in [0.25, 0.3) is 0 Å². The van der Waals surface area contributed by atoms with Crippen molar-refractivity contribution in [2.45, 2.75) is 25.7 Å². The molecule has 0 bridgehead atoms. The van der Waals surface area contributed by atoms with E-state index < -0.39 is 0 Å². The third-order valence-corrected chi connectivity index (χ3v) is 2.76. The lowest BCUT2D eigenvalue weighted by Gasteiger charge is -2.07. The Kier molecular flexibility index (Phi) is 7.85. The number of carbonyl (C=O) groups is 1. The molecule has 0 atom stereocenters. The van der Waals surface area contributed by atoms with Crippen molar-refractivity contribution >= 4 is 5.91 Å². The highest BCUT2D eigenvalue weighted by Crippen LogP contribution is 2.11. The van der Waals surface area contributed by atoms with E-state index in [1.54, 1.807) is 24.3 Å². The van der Waals surface area contributed by atoms with Crippen LogP contribution in [0.3, 0.4) is 0 Å². The smallest absolute Gasteiger partial charge is 0.257 e. The molecular weight excluding hydrogens is 256 g/mol. The first-order chi connectivity index (χ1) is 9.76. The maximum Gasteiger partial charge on any atom is 0.257 e. The summed E-state index contributed by atoms with van der Waals surface area (Å²) in [7, 11) is 0. The van der Waals surface area contributed by atoms with Crippen LogP contribution in [0.4, 0.5) is 0 Å². The van der Waals surface area contributed by atoms with Crippen molar-refractivity contribution in [1.29, 1.82) is 5.26 Å². The number of hydrogen-bond donors (Lipinski definition) is 2. The highest BCUT2D eigenvalue weighted by Gasteiger charge is 2.02. The number of benzene rings is 1. The molecule has 0 aliphatic carbocycles. The molecule has 0 aromatic heterocycles. The summed E-state index contributed by atoms with van der Waals surface area (Å²) in [6.07, 6.45) is 3.70. The van der Waals surface area contributed by atoms with Crippen LogP contribution in [0.15, 0.2) is 24.3 Å². The largest absolute Gasteiger partial charge is 0.484 e. The zero-order valence-corrected chi connectivity index (χ0v) is 11.5. The van der Waals surface area contributed by atoms with Crippen molar-refractivity contribution in [3.63, 3.8) is 0 Å². The minimum absolute atomic E-state index is 0.0253. The summed E-state index contributed by atoms with van der Waals surface area (Å²) in [5.74, 6) is 0.415. The van der Waals surface area contributed by atoms with E-state index in [2.05, 4.69) is 5.32 Å². The minimum Gasteiger partial charge on any atom is -0.484 e. The molecule has 0 spiro atoms. The predicted octanol–water partition coefficient (Wildman–Crippen LogP) is 1.61. The standard InChI is InChI=1S/C15H20N2O3/c16-11-13-5-7-14(8-6-13)20-12-15(19)17-9-3-1-2-4-10-18/h5-8,18H,1-4,9-10,12H2,(H,17,19). The molecule has 0 heterocycles. The van der Waals surface area contributed by atoms with Gasteiger partial charge in [-0.05, 0) is 37.1 Å². The first-order valence-electron chi connectivity index (χ1n) is 6.77. The molecule has 0 aliphatic heterocycles. The van der Waals surface area contributed by atoms with E-state index in [0.717, 1.165) is 25.7 Å². The molecule has 0 aliphatic rings. The Morgan fingerprint density at radius 1 is 1.20 bits per heavy atom. The van der Waals surface area contributed by atoms with Gasteiger partial charge in [-0.25, -0.2) is 0 Å². The number of nitrogens with zero attached hydrogens (tertiary/aromatic N) is 1. The quantitative estimate of drug-likeness (QED) is 0.671. The van der Waals surface area contributed by atoms with Gasteiger partial charge in [-0.2, -0.15) is 5.26 Å². The van der Waals surface area contributed by atoms with Gasteiger partial charge >= 0.3 is 0 Å². The SMILES string of the molecule is N#Cc1ccc(OCC(=O)NCCCCCCO)cc1. The fourth-order valence-corrected chi connectivity index (χ4v) is 1.64. The Labute approximate surface area is 119 Å². The van der Waals surface area contributed by atoms with E-state index in [9.17, 15) is 4.79 Å². The molecule has 108 valence electrons. The highest BCUT2D eigenvalue weighted by molar-refractivity contribution is 5.77. The Hall–Kier alpha value is -2.06. The molecule has 0 fully saturated rings. The summed E-state index contributed by atoms with van der Waals surface area (Å²) in [4.78, 5) is 11.5. The number of unbranched alkanes of at least 4 members (excludes halogenated alkanes) is 3. The molecule has 2 N–H and O–H groups in total. The maximum absolute atomic E-state index is 11.5. The lowest BCUT2D eigenvalue weighted by molar-refractivity contribution is -0.123. The summed E-state index contributed by atoms with van der Waals surface area (Å²) >= 11 is 0. The Morgan fingerprint density at radius 2 is 1.90 bits per heavy atom. The van der Waals surface area contributed by atoms with Gasteiger partial charge in [-0.15, -0.1) is 0 Å². The second-order valence-corrected chi connectivity index (χ2v) is 4.41. The molecule has 5 nitrogen and oxygen atoms in total. The van der Waals surface area contributed by atoms with E-state index in [4.69, 9.17) is 15.1 Å². The van der Waals surface area contributed by atoms with Crippen molar-refractivity contribution in [2.24, 2.45) is 0 Å². The number of nitrogens with one attached hydrogen (secondary N) is 1. The van der Waals surface area contributed by atoms with Gasteiger partial charge in [0.15, 0.2) is 6.61 Å². The van der Waals surface area contributed by atoms with Crippen LogP contribution >= 0.6 is 0 Å². The van der Waals surface area contributed by atoms with Gasteiger partial charge in [0.05, 0.1) is 11.6 Å². The number of aliphatic hydroxyl groups excluding tert-OH is 1. The molecule has 20 heavy (non-hydrogen) atoms. The summed E-state index contributed by atoms with van der Waals surface area (Å²) in [5.41, 5.74) is 0.560. The molecule has 1 amide bonds. The monoisotopic (exact) mass is 276 g/mol. The molecule has 1 aromatic rings. The zero-order chi connectivity index (χ0) is 14.6. The van der Waals surface area contributed by atoms with Gasteiger partial charge in [0, 0.05) is 13.2 Å². The van der Waals surface area contributed by atoms with Gasteiger partial charge in [0.1, 0.15) is 5.75 Å². The maximum atomic E-state index is 11.5. The second kappa shape index (κ2) is 9.82. The predicted molar refractivity (Wildman–Crippen MR) is 75.2 cm³/mol. The van der Waals surface area contributed by atoms with Crippen LogP contribution in [0.5, 0.6) is 5.75 Å². The lowest BCUT2D eigenvalue weighted by atomic mass is 10.2.